The summed E-state index contributed by atoms with van der Waals surface area (Å²) in [6.07, 6.45) is 5.36. The average Bonchev–Trinajstić information content (AvgIpc) is 3.07. The lowest BCUT2D eigenvalue weighted by atomic mass is 10.0. The number of imidazole rings is 1. The van der Waals surface area contributed by atoms with Gasteiger partial charge in [-0.15, -0.1) is 0 Å². The molecule has 0 spiro atoms. The lowest BCUT2D eigenvalue weighted by Crippen LogP contribution is -2.00. The second-order valence-electron chi connectivity index (χ2n) is 6.97. The molecule has 5 rings (SSSR count). The molecule has 0 saturated heterocycles. The number of fused-ring (bicyclic) bond motifs is 2. The van der Waals surface area contributed by atoms with Gasteiger partial charge in [-0.2, -0.15) is 0 Å². The summed E-state index contributed by atoms with van der Waals surface area (Å²) in [5, 5.41) is 1.99. The molecule has 5 aromatic rings. The molecule has 0 atom stereocenters. The number of aromatic nitrogens is 4. The van der Waals surface area contributed by atoms with E-state index in [0.717, 1.165) is 44.6 Å². The van der Waals surface area contributed by atoms with Crippen LogP contribution in [0.2, 0.25) is 10.0 Å². The highest BCUT2D eigenvalue weighted by Gasteiger charge is 2.17. The molecule has 3 heterocycles. The van der Waals surface area contributed by atoms with Gasteiger partial charge in [0.05, 0.1) is 32.3 Å². The molecule has 0 aliphatic heterocycles. The topological polar surface area (TPSA) is 43.6 Å². The van der Waals surface area contributed by atoms with Crippen LogP contribution in [0, 0.1) is 13.8 Å². The maximum absolute atomic E-state index is 6.57. The quantitative estimate of drug-likeness (QED) is 0.326. The Morgan fingerprint density at radius 2 is 1.55 bits per heavy atom. The highest BCUT2D eigenvalue weighted by Crippen LogP contribution is 2.36. The van der Waals surface area contributed by atoms with E-state index in [9.17, 15) is 0 Å². The van der Waals surface area contributed by atoms with Gasteiger partial charge in [0.2, 0.25) is 0 Å². The molecule has 142 valence electrons. The van der Waals surface area contributed by atoms with E-state index in [1.807, 2.05) is 25.1 Å². The first kappa shape index (κ1) is 18.1. The zero-order valence-electron chi connectivity index (χ0n) is 15.8. The highest BCUT2D eigenvalue weighted by atomic mass is 35.5. The van der Waals surface area contributed by atoms with Gasteiger partial charge in [-0.25, -0.2) is 4.98 Å². The average molecular weight is 419 g/mol. The summed E-state index contributed by atoms with van der Waals surface area (Å²) < 4.78 is 2.12. The molecule has 0 saturated carbocycles. The van der Waals surface area contributed by atoms with Gasteiger partial charge in [-0.05, 0) is 73.0 Å². The fourth-order valence-corrected chi connectivity index (χ4v) is 4.30. The minimum atomic E-state index is 0.571. The van der Waals surface area contributed by atoms with Crippen molar-refractivity contribution in [1.82, 2.24) is 19.5 Å². The van der Waals surface area contributed by atoms with Gasteiger partial charge in [0, 0.05) is 24.0 Å². The van der Waals surface area contributed by atoms with E-state index < -0.39 is 0 Å². The van der Waals surface area contributed by atoms with Crippen molar-refractivity contribution >= 4 is 45.1 Å². The first-order valence-electron chi connectivity index (χ1n) is 9.18. The second kappa shape index (κ2) is 6.83. The van der Waals surface area contributed by atoms with Crippen LogP contribution in [-0.2, 0) is 0 Å². The van der Waals surface area contributed by atoms with E-state index in [-0.39, 0.29) is 0 Å². The van der Waals surface area contributed by atoms with Gasteiger partial charge in [0.15, 0.2) is 0 Å². The molecule has 0 radical (unpaired) electrons. The zero-order chi connectivity index (χ0) is 20.1. The van der Waals surface area contributed by atoms with Crippen molar-refractivity contribution in [2.24, 2.45) is 0 Å². The minimum Gasteiger partial charge on any atom is -0.296 e. The van der Waals surface area contributed by atoms with Crippen LogP contribution in [0.5, 0.6) is 0 Å². The van der Waals surface area contributed by atoms with E-state index in [4.69, 9.17) is 28.2 Å². The first-order chi connectivity index (χ1) is 14.0. The third-order valence-electron chi connectivity index (χ3n) is 5.14. The number of hydrogen-bond donors (Lipinski definition) is 0. The summed E-state index contributed by atoms with van der Waals surface area (Å²) in [4.78, 5) is 13.4. The minimum absolute atomic E-state index is 0.571. The summed E-state index contributed by atoms with van der Waals surface area (Å²) in [6, 6.07) is 13.9. The molecular weight excluding hydrogens is 403 g/mol. The van der Waals surface area contributed by atoms with Crippen molar-refractivity contribution in [1.29, 1.82) is 0 Å². The Morgan fingerprint density at radius 3 is 2.34 bits per heavy atom. The van der Waals surface area contributed by atoms with Crippen molar-refractivity contribution in [2.75, 3.05) is 0 Å². The van der Waals surface area contributed by atoms with Crippen LogP contribution in [0.4, 0.5) is 0 Å². The molecular formula is C23H16Cl2N4. The summed E-state index contributed by atoms with van der Waals surface area (Å²) in [5.41, 5.74) is 6.89. The predicted octanol–water partition coefficient (Wildman–Crippen LogP) is 6.56. The fraction of sp³-hybridized carbons (Fsp3) is 0.0870. The van der Waals surface area contributed by atoms with Gasteiger partial charge in [-0.1, -0.05) is 23.2 Å². The summed E-state index contributed by atoms with van der Waals surface area (Å²) in [5.74, 6) is 0.874. The van der Waals surface area contributed by atoms with E-state index in [2.05, 4.69) is 33.6 Å². The van der Waals surface area contributed by atoms with Crippen molar-refractivity contribution in [2.45, 2.75) is 13.8 Å². The molecule has 0 bridgehead atoms. The molecule has 4 nitrogen and oxygen atoms in total. The normalized spacial score (nSPS) is 11.4. The van der Waals surface area contributed by atoms with Gasteiger partial charge in [-0.3, -0.25) is 14.5 Å². The second-order valence-corrected chi connectivity index (χ2v) is 7.79. The Labute approximate surface area is 177 Å². The number of aryl methyl sites for hydroxylation is 2. The number of halogens is 2. The molecule has 2 aromatic carbocycles. The van der Waals surface area contributed by atoms with E-state index in [1.54, 1.807) is 30.7 Å². The number of nitrogens with zero attached hydrogens (tertiary/aromatic N) is 4. The van der Waals surface area contributed by atoms with Crippen molar-refractivity contribution in [3.63, 3.8) is 0 Å². The lowest BCUT2D eigenvalue weighted by Gasteiger charge is -2.13. The van der Waals surface area contributed by atoms with Gasteiger partial charge in [0.1, 0.15) is 5.82 Å². The lowest BCUT2D eigenvalue weighted by molar-refractivity contribution is 1.01. The SMILES string of the molecule is Cc1cc(-c2ccncc2)cc2c1nc(C)n2-c1ccnc2c(Cl)ccc(Cl)c12. The molecule has 0 amide bonds. The smallest absolute Gasteiger partial charge is 0.111 e. The number of benzene rings is 2. The first-order valence-corrected chi connectivity index (χ1v) is 9.93. The van der Waals surface area contributed by atoms with Crippen LogP contribution in [0.3, 0.4) is 0 Å². The van der Waals surface area contributed by atoms with Gasteiger partial charge < -0.3 is 0 Å². The van der Waals surface area contributed by atoms with E-state index in [1.165, 1.54) is 0 Å². The van der Waals surface area contributed by atoms with Crippen molar-refractivity contribution in [3.8, 4) is 16.8 Å². The molecule has 0 aliphatic carbocycles. The van der Waals surface area contributed by atoms with Crippen LogP contribution in [0.25, 0.3) is 38.8 Å². The summed E-state index contributed by atoms with van der Waals surface area (Å²) in [6.45, 7) is 4.08. The number of pyridine rings is 2. The van der Waals surface area contributed by atoms with Crippen LogP contribution >= 0.6 is 23.2 Å². The van der Waals surface area contributed by atoms with Crippen molar-refractivity contribution < 1.29 is 0 Å². The monoisotopic (exact) mass is 418 g/mol. The van der Waals surface area contributed by atoms with Crippen LogP contribution in [0.1, 0.15) is 11.4 Å². The summed E-state index contributed by atoms with van der Waals surface area (Å²) >= 11 is 13.0. The molecule has 0 fully saturated rings. The summed E-state index contributed by atoms with van der Waals surface area (Å²) in [7, 11) is 0. The molecule has 0 N–H and O–H groups in total. The van der Waals surface area contributed by atoms with Crippen LogP contribution < -0.4 is 0 Å². The maximum Gasteiger partial charge on any atom is 0.111 e. The third kappa shape index (κ3) is 2.87. The van der Waals surface area contributed by atoms with Crippen LogP contribution in [-0.4, -0.2) is 19.5 Å². The van der Waals surface area contributed by atoms with Gasteiger partial charge in [0.25, 0.3) is 0 Å². The van der Waals surface area contributed by atoms with Crippen LogP contribution in [0.15, 0.2) is 61.1 Å². The van der Waals surface area contributed by atoms with E-state index >= 15 is 0 Å². The molecule has 29 heavy (non-hydrogen) atoms. The third-order valence-corrected chi connectivity index (χ3v) is 5.76. The predicted molar refractivity (Wildman–Crippen MR) is 119 cm³/mol. The Kier molecular flexibility index (Phi) is 4.26. The zero-order valence-corrected chi connectivity index (χ0v) is 17.3. The van der Waals surface area contributed by atoms with Gasteiger partial charge >= 0.3 is 0 Å². The molecule has 6 heteroatoms. The maximum atomic E-state index is 6.57. The Hall–Kier alpha value is -2.95. The molecule has 3 aromatic heterocycles. The number of rotatable bonds is 2. The van der Waals surface area contributed by atoms with E-state index in [0.29, 0.717) is 15.6 Å². The number of hydrogen-bond acceptors (Lipinski definition) is 3. The Balaban J connectivity index is 1.87. The fourth-order valence-electron chi connectivity index (χ4n) is 3.84. The largest absolute Gasteiger partial charge is 0.296 e. The standard InChI is InChI=1S/C23H16Cl2N4/c1-13-11-16(15-5-8-26-9-6-15)12-20-22(13)28-14(2)29(20)19-7-10-27-23-18(25)4-3-17(24)21(19)23/h3-12H,1-2H3. The Bertz CT molecular complexity index is 1390. The Morgan fingerprint density at radius 1 is 0.793 bits per heavy atom. The highest BCUT2D eigenvalue weighted by molar-refractivity contribution is 6.40. The van der Waals surface area contributed by atoms with Crippen molar-refractivity contribution in [3.05, 3.63) is 82.5 Å². The molecule has 0 unspecified atom stereocenters. The molecule has 0 aliphatic rings.